The number of nitrogens with one attached hydrogen (secondary N) is 1. The van der Waals surface area contributed by atoms with Gasteiger partial charge in [-0.05, 0) is 49.9 Å². The molecular weight excluding hydrogens is 540 g/mol. The van der Waals surface area contributed by atoms with Crippen LogP contribution < -0.4 is 10.9 Å². The second kappa shape index (κ2) is 10.2. The minimum absolute atomic E-state index is 0.128. The van der Waals surface area contributed by atoms with E-state index >= 15 is 0 Å². The number of aromatic nitrogens is 6. The summed E-state index contributed by atoms with van der Waals surface area (Å²) in [7, 11) is 0. The van der Waals surface area contributed by atoms with Gasteiger partial charge in [-0.15, -0.1) is 0 Å². The maximum absolute atomic E-state index is 13.3. The molecule has 0 bridgehead atoms. The number of fused-ring (bicyclic) bond motifs is 1. The molecule has 2 fully saturated rings. The van der Waals surface area contributed by atoms with Crippen LogP contribution in [-0.4, -0.2) is 63.3 Å². The third-order valence-corrected chi connectivity index (χ3v) is 8.40. The lowest BCUT2D eigenvalue weighted by Crippen LogP contribution is -2.50. The van der Waals surface area contributed by atoms with Crippen LogP contribution in [-0.2, 0) is 11.3 Å². The molecule has 2 N–H and O–H groups in total. The molecule has 7 rings (SSSR count). The van der Waals surface area contributed by atoms with E-state index in [-0.39, 0.29) is 23.9 Å². The van der Waals surface area contributed by atoms with E-state index in [1.807, 2.05) is 59.5 Å². The van der Waals surface area contributed by atoms with Gasteiger partial charge in [-0.25, -0.2) is 9.67 Å². The molecule has 3 aromatic heterocycles. The summed E-state index contributed by atoms with van der Waals surface area (Å²) >= 11 is 1.29. The predicted molar refractivity (Wildman–Crippen MR) is 155 cm³/mol. The van der Waals surface area contributed by atoms with Crippen molar-refractivity contribution in [3.05, 3.63) is 77.5 Å². The van der Waals surface area contributed by atoms with Crippen LogP contribution in [0.15, 0.2) is 71.9 Å². The first kappa shape index (κ1) is 25.5. The van der Waals surface area contributed by atoms with Crippen LogP contribution in [0.25, 0.3) is 28.1 Å². The summed E-state index contributed by atoms with van der Waals surface area (Å²) in [6.07, 6.45) is 5.78. The van der Waals surface area contributed by atoms with Crippen LogP contribution in [0.3, 0.4) is 0 Å². The number of hydrogen-bond donors (Lipinski definition) is 2. The van der Waals surface area contributed by atoms with Crippen molar-refractivity contribution in [2.45, 2.75) is 37.8 Å². The van der Waals surface area contributed by atoms with Crippen molar-refractivity contribution in [3.8, 4) is 17.1 Å². The minimum Gasteiger partial charge on any atom is -0.388 e. The summed E-state index contributed by atoms with van der Waals surface area (Å²) < 4.78 is 7.51. The highest BCUT2D eigenvalue weighted by Crippen LogP contribution is 2.33. The summed E-state index contributed by atoms with van der Waals surface area (Å²) in [5, 5.41) is 20.0. The van der Waals surface area contributed by atoms with Crippen LogP contribution in [0.2, 0.25) is 0 Å². The second-order valence-electron chi connectivity index (χ2n) is 10.8. The van der Waals surface area contributed by atoms with Crippen molar-refractivity contribution in [2.24, 2.45) is 5.92 Å². The molecule has 0 atom stereocenters. The normalized spacial score (nSPS) is 16.7. The molecule has 12 heteroatoms. The third-order valence-electron chi connectivity index (χ3n) is 7.77. The average Bonchev–Trinajstić information content (AvgIpc) is 3.59. The van der Waals surface area contributed by atoms with Gasteiger partial charge in [0.15, 0.2) is 11.5 Å². The van der Waals surface area contributed by atoms with E-state index in [2.05, 4.69) is 24.8 Å². The number of rotatable bonds is 7. The number of amides is 1. The molecule has 0 unspecified atom stereocenters. The molecule has 1 amide bonds. The molecule has 1 saturated heterocycles. The first-order valence-electron chi connectivity index (χ1n) is 13.7. The van der Waals surface area contributed by atoms with Crippen LogP contribution in [0.5, 0.6) is 0 Å². The number of aliphatic hydroxyl groups is 1. The van der Waals surface area contributed by atoms with Crippen LogP contribution >= 0.6 is 11.5 Å². The summed E-state index contributed by atoms with van der Waals surface area (Å²) in [6.45, 7) is 1.14. The molecule has 0 radical (unpaired) electrons. The monoisotopic (exact) mass is 568 g/mol. The van der Waals surface area contributed by atoms with Crippen molar-refractivity contribution in [2.75, 3.05) is 18.4 Å². The average molecular weight is 569 g/mol. The van der Waals surface area contributed by atoms with E-state index < -0.39 is 5.60 Å². The number of benzene rings is 2. The zero-order chi connectivity index (χ0) is 28.0. The number of likely N-dealkylation sites (tertiary alicyclic amines) is 1. The highest BCUT2D eigenvalue weighted by molar-refractivity contribution is 7.09. The van der Waals surface area contributed by atoms with Crippen molar-refractivity contribution in [3.63, 3.8) is 0 Å². The van der Waals surface area contributed by atoms with Gasteiger partial charge < -0.3 is 15.3 Å². The Morgan fingerprint density at radius 1 is 1.07 bits per heavy atom. The van der Waals surface area contributed by atoms with Crippen LogP contribution in [0.4, 0.5) is 10.8 Å². The summed E-state index contributed by atoms with van der Waals surface area (Å²) in [5.41, 5.74) is 1.69. The fourth-order valence-electron chi connectivity index (χ4n) is 5.25. The summed E-state index contributed by atoms with van der Waals surface area (Å²) in [5.74, 6) is 1.04. The number of carbonyl (C=O) groups excluding carboxylic acids is 1. The third kappa shape index (κ3) is 5.11. The number of hydrogen-bond acceptors (Lipinski definition) is 9. The zero-order valence-corrected chi connectivity index (χ0v) is 23.0. The van der Waals surface area contributed by atoms with Gasteiger partial charge in [-0.2, -0.15) is 14.5 Å². The Hall–Kier alpha value is -4.42. The van der Waals surface area contributed by atoms with Crippen molar-refractivity contribution < 1.29 is 9.90 Å². The van der Waals surface area contributed by atoms with E-state index in [9.17, 15) is 14.7 Å². The van der Waals surface area contributed by atoms with Crippen molar-refractivity contribution >= 4 is 39.3 Å². The van der Waals surface area contributed by atoms with E-state index in [1.54, 1.807) is 4.68 Å². The Morgan fingerprint density at radius 2 is 1.83 bits per heavy atom. The highest BCUT2D eigenvalue weighted by atomic mass is 32.1. The molecule has 4 heterocycles. The molecule has 2 aromatic carbocycles. The van der Waals surface area contributed by atoms with Gasteiger partial charge in [0.2, 0.25) is 11.0 Å². The fourth-order valence-corrected chi connectivity index (χ4v) is 5.86. The molecular formula is C29H28N8O3S. The first-order chi connectivity index (χ1) is 20.0. The number of anilines is 2. The number of carbonyl (C=O) groups is 1. The Morgan fingerprint density at radius 3 is 2.56 bits per heavy atom. The van der Waals surface area contributed by atoms with Gasteiger partial charge in [0, 0.05) is 41.8 Å². The zero-order valence-electron chi connectivity index (χ0n) is 22.2. The lowest BCUT2D eigenvalue weighted by atomic mass is 9.91. The smallest absolute Gasteiger partial charge is 0.264 e. The van der Waals surface area contributed by atoms with Crippen molar-refractivity contribution in [1.29, 1.82) is 0 Å². The molecule has 1 aliphatic carbocycles. The van der Waals surface area contributed by atoms with E-state index in [4.69, 9.17) is 0 Å². The lowest BCUT2D eigenvalue weighted by Gasteiger charge is -2.38. The number of piperidine rings is 1. The summed E-state index contributed by atoms with van der Waals surface area (Å²) in [6, 6.07) is 17.4. The largest absolute Gasteiger partial charge is 0.388 e. The highest BCUT2D eigenvalue weighted by Gasteiger charge is 2.39. The molecule has 41 heavy (non-hydrogen) atoms. The topological polar surface area (TPSA) is 131 Å². The number of nitrogens with zero attached hydrogens (tertiary/aromatic N) is 7. The molecule has 11 nitrogen and oxygen atoms in total. The minimum atomic E-state index is -1.06. The van der Waals surface area contributed by atoms with Gasteiger partial charge >= 0.3 is 0 Å². The summed E-state index contributed by atoms with van der Waals surface area (Å²) in [4.78, 5) is 36.6. The van der Waals surface area contributed by atoms with Gasteiger partial charge in [0.1, 0.15) is 11.7 Å². The van der Waals surface area contributed by atoms with Gasteiger partial charge in [-0.1, -0.05) is 30.3 Å². The van der Waals surface area contributed by atoms with Gasteiger partial charge in [0.05, 0.1) is 24.0 Å². The molecule has 2 aliphatic rings. The van der Waals surface area contributed by atoms with Crippen LogP contribution in [0, 0.1) is 5.92 Å². The Bertz CT molecular complexity index is 1770. The standard InChI is InChI=1S/C29H28N8O3S/c38-26(20-6-7-20)35-14-12-29(40,13-15-35)17-36-18-30-25-23(27(36)39)16-31-37(25)22-10-8-21(9-11-22)32-28-33-24(34-41-28)19-4-2-1-3-5-19/h1-5,8-11,16,18,20,40H,6-7,12-15,17H2,(H,32,33,34). The van der Waals surface area contributed by atoms with Crippen LogP contribution in [0.1, 0.15) is 25.7 Å². The Balaban J connectivity index is 1.04. The molecule has 1 saturated carbocycles. The first-order valence-corrected chi connectivity index (χ1v) is 14.4. The van der Waals surface area contributed by atoms with E-state index in [0.29, 0.717) is 47.9 Å². The molecule has 208 valence electrons. The Labute approximate surface area is 239 Å². The van der Waals surface area contributed by atoms with Gasteiger partial charge in [0.25, 0.3) is 5.56 Å². The molecule has 0 spiro atoms. The Kier molecular flexibility index (Phi) is 6.36. The second-order valence-corrected chi connectivity index (χ2v) is 11.5. The fraction of sp³-hybridized carbons (Fsp3) is 0.310. The van der Waals surface area contributed by atoms with E-state index in [0.717, 1.165) is 29.8 Å². The molecule has 5 aromatic rings. The van der Waals surface area contributed by atoms with Gasteiger partial charge in [-0.3, -0.25) is 14.2 Å². The maximum Gasteiger partial charge on any atom is 0.264 e. The SMILES string of the molecule is O=C(C1CC1)N1CCC(O)(Cn2cnc3c(cnn3-c3ccc(Nc4nc(-c5ccccc5)ns4)cc3)c2=O)CC1. The van der Waals surface area contributed by atoms with E-state index in [1.165, 1.54) is 28.6 Å². The molecule has 1 aliphatic heterocycles. The quantitative estimate of drug-likeness (QED) is 0.305. The maximum atomic E-state index is 13.3. The predicted octanol–water partition coefficient (Wildman–Crippen LogP) is 3.61. The van der Waals surface area contributed by atoms with Crippen molar-refractivity contribution in [1.82, 2.24) is 33.6 Å². The lowest BCUT2D eigenvalue weighted by molar-refractivity contribution is -0.137.